The van der Waals surface area contributed by atoms with Crippen LogP contribution in [0.4, 0.5) is 9.93 Å². The number of carbonyl (C=O) groups excluding carboxylic acids is 1. The van der Waals surface area contributed by atoms with Crippen LogP contribution in [0.2, 0.25) is 0 Å². The number of allylic oxidation sites excluding steroid dienone is 7. The Morgan fingerprint density at radius 1 is 1.25 bits per heavy atom. The standard InChI is InChI=1S/C34H37N5O4S/c1-7-22(11-9-13-25(21(3)4)23-12-10-15-34(5,16-14-23)31(40)41)24-17-26(27-19-29(43-6)37-20-36-27)30-28(18-24)38-33(44-30)39-32(42)35-8-2/h7,9,11-12,17-20H,1,3,8,10,14-16H2,2,4-6H3,(H,40,41)(H2,35,38,39,42). The molecular formula is C34H37N5O4S. The molecule has 3 aromatic rings. The number of carboxylic acid groups (broad SMARTS) is 1. The number of anilines is 1. The summed E-state index contributed by atoms with van der Waals surface area (Å²) in [5.41, 5.74) is 9.25. The molecular weight excluding hydrogens is 574 g/mol. The second kappa shape index (κ2) is 14.1. The monoisotopic (exact) mass is 611 g/mol. The fraction of sp³-hybridized carbons (Fsp3) is 0.294. The van der Waals surface area contributed by atoms with E-state index in [0.717, 1.165) is 38.1 Å². The lowest BCUT2D eigenvalue weighted by Crippen LogP contribution is -2.28. The maximum absolute atomic E-state index is 12.2. The molecule has 2 aromatic heterocycles. The quantitative estimate of drug-likeness (QED) is 0.158. The number of hydrogen-bond donors (Lipinski definition) is 3. The van der Waals surface area contributed by atoms with Gasteiger partial charge in [0.05, 0.1) is 28.4 Å². The molecule has 1 aromatic carbocycles. The van der Waals surface area contributed by atoms with Gasteiger partial charge < -0.3 is 15.2 Å². The SMILES string of the molecule is C=CC(=CC=C=C(C(=C)C)C1=CCCC(C)(C(=O)O)CC1)c1cc(-c2cc(OC)ncn2)c2sc(NC(=O)NCC)nc2c1. The number of amides is 2. The van der Waals surface area contributed by atoms with Gasteiger partial charge >= 0.3 is 12.0 Å². The first kappa shape index (κ1) is 32.1. The van der Waals surface area contributed by atoms with Crippen LogP contribution >= 0.6 is 11.3 Å². The molecule has 9 nitrogen and oxygen atoms in total. The minimum atomic E-state index is -0.758. The number of hydrogen-bond acceptors (Lipinski definition) is 7. The largest absolute Gasteiger partial charge is 0.481 e. The molecule has 2 heterocycles. The second-order valence-corrected chi connectivity index (χ2v) is 11.7. The van der Waals surface area contributed by atoms with E-state index in [-0.39, 0.29) is 6.03 Å². The Hall–Kier alpha value is -4.79. The van der Waals surface area contributed by atoms with Crippen LogP contribution in [0.3, 0.4) is 0 Å². The van der Waals surface area contributed by atoms with Crippen LogP contribution < -0.4 is 15.4 Å². The third kappa shape index (κ3) is 7.40. The summed E-state index contributed by atoms with van der Waals surface area (Å²) in [7, 11) is 1.55. The van der Waals surface area contributed by atoms with Gasteiger partial charge in [-0.25, -0.2) is 19.7 Å². The lowest BCUT2D eigenvalue weighted by Gasteiger charge is -2.22. The predicted molar refractivity (Wildman–Crippen MR) is 177 cm³/mol. The van der Waals surface area contributed by atoms with Gasteiger partial charge in [-0.15, -0.1) is 5.73 Å². The maximum Gasteiger partial charge on any atom is 0.321 e. The molecule has 0 spiro atoms. The molecule has 10 heteroatoms. The number of nitrogens with zero attached hydrogens (tertiary/aromatic N) is 3. The van der Waals surface area contributed by atoms with E-state index in [2.05, 4.69) is 50.6 Å². The fourth-order valence-corrected chi connectivity index (χ4v) is 5.94. The molecule has 0 aliphatic heterocycles. The van der Waals surface area contributed by atoms with Crippen molar-refractivity contribution in [1.82, 2.24) is 20.3 Å². The van der Waals surface area contributed by atoms with Crippen LogP contribution in [-0.2, 0) is 4.79 Å². The first-order valence-electron chi connectivity index (χ1n) is 14.3. The molecule has 228 valence electrons. The van der Waals surface area contributed by atoms with E-state index in [4.69, 9.17) is 4.74 Å². The van der Waals surface area contributed by atoms with Crippen molar-refractivity contribution in [2.75, 3.05) is 19.0 Å². The Morgan fingerprint density at radius 2 is 2.05 bits per heavy atom. The van der Waals surface area contributed by atoms with Gasteiger partial charge in [-0.3, -0.25) is 10.1 Å². The van der Waals surface area contributed by atoms with Crippen molar-refractivity contribution in [3.8, 4) is 17.1 Å². The zero-order chi connectivity index (χ0) is 31.9. The number of carbonyl (C=O) groups is 2. The topological polar surface area (TPSA) is 126 Å². The van der Waals surface area contributed by atoms with E-state index in [1.807, 2.05) is 45.1 Å². The predicted octanol–water partition coefficient (Wildman–Crippen LogP) is 7.72. The molecule has 3 N–H and O–H groups in total. The minimum Gasteiger partial charge on any atom is -0.481 e. The first-order chi connectivity index (χ1) is 21.1. The number of thiazole rings is 1. The number of aliphatic carboxylic acids is 1. The van der Waals surface area contributed by atoms with Crippen LogP contribution in [0.5, 0.6) is 5.88 Å². The Morgan fingerprint density at radius 3 is 2.73 bits per heavy atom. The molecule has 4 rings (SSSR count). The van der Waals surface area contributed by atoms with Crippen LogP contribution in [-0.4, -0.2) is 45.7 Å². The fourth-order valence-electron chi connectivity index (χ4n) is 4.97. The first-order valence-corrected chi connectivity index (χ1v) is 15.1. The maximum atomic E-state index is 12.2. The van der Waals surface area contributed by atoms with E-state index in [1.54, 1.807) is 19.3 Å². The van der Waals surface area contributed by atoms with Gasteiger partial charge in [-0.2, -0.15) is 0 Å². The van der Waals surface area contributed by atoms with Gasteiger partial charge in [-0.1, -0.05) is 36.6 Å². The van der Waals surface area contributed by atoms with Crippen molar-refractivity contribution in [2.45, 2.75) is 46.5 Å². The van der Waals surface area contributed by atoms with Crippen molar-refractivity contribution >= 4 is 44.3 Å². The highest BCUT2D eigenvalue weighted by atomic mass is 32.1. The molecule has 2 amide bonds. The summed E-state index contributed by atoms with van der Waals surface area (Å²) >= 11 is 1.35. The smallest absolute Gasteiger partial charge is 0.321 e. The highest BCUT2D eigenvalue weighted by Gasteiger charge is 2.34. The summed E-state index contributed by atoms with van der Waals surface area (Å²) in [5, 5.41) is 15.7. The van der Waals surface area contributed by atoms with Gasteiger partial charge in [0.25, 0.3) is 0 Å². The molecule has 0 saturated heterocycles. The van der Waals surface area contributed by atoms with Gasteiger partial charge in [0.15, 0.2) is 5.13 Å². The van der Waals surface area contributed by atoms with Crippen molar-refractivity contribution in [3.63, 3.8) is 0 Å². The van der Waals surface area contributed by atoms with Crippen LogP contribution in [0.25, 0.3) is 27.0 Å². The van der Waals surface area contributed by atoms with E-state index < -0.39 is 11.4 Å². The summed E-state index contributed by atoms with van der Waals surface area (Å²) in [5.74, 6) is -0.332. The number of fused-ring (bicyclic) bond motifs is 1. The molecule has 0 bridgehead atoms. The second-order valence-electron chi connectivity index (χ2n) is 10.7. The van der Waals surface area contributed by atoms with E-state index in [0.29, 0.717) is 54.5 Å². The summed E-state index contributed by atoms with van der Waals surface area (Å²) in [6.45, 7) is 14.3. The molecule has 1 aliphatic carbocycles. The summed E-state index contributed by atoms with van der Waals surface area (Å²) in [4.78, 5) is 37.3. The molecule has 0 radical (unpaired) electrons. The highest BCUT2D eigenvalue weighted by Crippen LogP contribution is 2.39. The van der Waals surface area contributed by atoms with Crippen LogP contribution in [0.15, 0.2) is 84.4 Å². The number of benzene rings is 1. The Balaban J connectivity index is 1.78. The molecule has 1 unspecified atom stereocenters. The average molecular weight is 612 g/mol. The zero-order valence-corrected chi connectivity index (χ0v) is 26.3. The van der Waals surface area contributed by atoms with Crippen molar-refractivity contribution < 1.29 is 19.4 Å². The zero-order valence-electron chi connectivity index (χ0n) is 25.5. The van der Waals surface area contributed by atoms with Gasteiger partial charge in [-0.05, 0) is 93.0 Å². The third-order valence-electron chi connectivity index (χ3n) is 7.52. The Labute approximate surface area is 261 Å². The van der Waals surface area contributed by atoms with Crippen LogP contribution in [0, 0.1) is 5.41 Å². The molecule has 1 atom stereocenters. The average Bonchev–Trinajstić information content (AvgIpc) is 3.29. The number of methoxy groups -OCH3 is 1. The number of ether oxygens (including phenoxy) is 1. The summed E-state index contributed by atoms with van der Waals surface area (Å²) in [6.07, 6.45) is 11.6. The Bertz CT molecular complexity index is 1750. The highest BCUT2D eigenvalue weighted by molar-refractivity contribution is 7.22. The lowest BCUT2D eigenvalue weighted by atomic mass is 9.81. The number of rotatable bonds is 10. The number of nitrogens with one attached hydrogen (secondary N) is 2. The Kier molecular flexibility index (Phi) is 10.3. The summed E-state index contributed by atoms with van der Waals surface area (Å²) < 4.78 is 6.18. The minimum absolute atomic E-state index is 0.328. The van der Waals surface area contributed by atoms with Gasteiger partial charge in [0, 0.05) is 23.7 Å². The number of carboxylic acids is 1. The van der Waals surface area contributed by atoms with E-state index >= 15 is 0 Å². The van der Waals surface area contributed by atoms with Crippen molar-refractivity contribution in [2.24, 2.45) is 5.41 Å². The molecule has 0 fully saturated rings. The van der Waals surface area contributed by atoms with E-state index in [9.17, 15) is 14.7 Å². The number of urea groups is 1. The molecule has 0 saturated carbocycles. The van der Waals surface area contributed by atoms with Crippen molar-refractivity contribution in [3.05, 3.63) is 90.0 Å². The molecule has 1 aliphatic rings. The third-order valence-corrected chi connectivity index (χ3v) is 8.54. The lowest BCUT2D eigenvalue weighted by molar-refractivity contribution is -0.148. The van der Waals surface area contributed by atoms with Gasteiger partial charge in [0.2, 0.25) is 5.88 Å². The van der Waals surface area contributed by atoms with E-state index in [1.165, 1.54) is 17.7 Å². The van der Waals surface area contributed by atoms with Gasteiger partial charge in [0.1, 0.15) is 6.33 Å². The summed E-state index contributed by atoms with van der Waals surface area (Å²) in [6, 6.07) is 5.38. The normalized spacial score (nSPS) is 16.6. The molecule has 44 heavy (non-hydrogen) atoms. The van der Waals surface area contributed by atoms with Crippen LogP contribution in [0.1, 0.15) is 52.0 Å². The van der Waals surface area contributed by atoms with Crippen molar-refractivity contribution in [1.29, 1.82) is 0 Å². The number of aromatic nitrogens is 3.